The molecule has 2 heterocycles. The molecule has 0 aliphatic carbocycles. The van der Waals surface area contributed by atoms with E-state index in [4.69, 9.17) is 9.15 Å². The lowest BCUT2D eigenvalue weighted by Gasteiger charge is -2.04. The zero-order valence-corrected chi connectivity index (χ0v) is 12.9. The minimum absolute atomic E-state index is 0.272. The topological polar surface area (TPSA) is 78.9 Å². The molecule has 7 nitrogen and oxygen atoms in total. The minimum atomic E-state index is -0.272. The molecule has 0 N–H and O–H groups in total. The van der Waals surface area contributed by atoms with E-state index in [1.807, 2.05) is 0 Å². The van der Waals surface area contributed by atoms with Gasteiger partial charge in [-0.25, -0.2) is 14.1 Å². The monoisotopic (exact) mass is 335 g/mol. The number of benzene rings is 1. The van der Waals surface area contributed by atoms with Crippen molar-refractivity contribution in [3.8, 4) is 5.75 Å². The zero-order valence-electron chi connectivity index (χ0n) is 12.1. The van der Waals surface area contributed by atoms with Gasteiger partial charge in [-0.15, -0.1) is 10.2 Å². The summed E-state index contributed by atoms with van der Waals surface area (Å²) in [5, 5.41) is 12.4. The van der Waals surface area contributed by atoms with E-state index >= 15 is 0 Å². The normalized spacial score (nSPS) is 10.8. The standard InChI is InChI=1S/C14H14FN5O2S/c15-11-2-4-12(5-3-11)21-6-1-7-23-14-19-18-13(22-14)8-20-10-16-9-17-20/h2-5,9-10H,1,6-8H2. The second-order valence-corrected chi connectivity index (χ2v) is 5.61. The molecular weight excluding hydrogens is 321 g/mol. The molecule has 1 aromatic carbocycles. The van der Waals surface area contributed by atoms with Crippen molar-refractivity contribution in [1.29, 1.82) is 0 Å². The third-order valence-corrected chi connectivity index (χ3v) is 3.71. The molecule has 120 valence electrons. The van der Waals surface area contributed by atoms with Crippen LogP contribution in [0.2, 0.25) is 0 Å². The van der Waals surface area contributed by atoms with Gasteiger partial charge in [0.15, 0.2) is 0 Å². The Hall–Kier alpha value is -2.42. The van der Waals surface area contributed by atoms with Gasteiger partial charge in [-0.05, 0) is 30.7 Å². The van der Waals surface area contributed by atoms with Gasteiger partial charge in [0.25, 0.3) is 5.22 Å². The van der Waals surface area contributed by atoms with Crippen LogP contribution >= 0.6 is 11.8 Å². The SMILES string of the molecule is Fc1ccc(OCCCSc2nnc(Cn3cncn3)o2)cc1. The van der Waals surface area contributed by atoms with Gasteiger partial charge in [0.05, 0.1) is 6.61 Å². The van der Waals surface area contributed by atoms with E-state index in [9.17, 15) is 4.39 Å². The molecule has 2 aromatic heterocycles. The Balaban J connectivity index is 1.36. The second-order valence-electron chi connectivity index (χ2n) is 4.56. The van der Waals surface area contributed by atoms with E-state index in [-0.39, 0.29) is 5.82 Å². The molecule has 3 aromatic rings. The third kappa shape index (κ3) is 4.78. The summed E-state index contributed by atoms with van der Waals surface area (Å²) in [6, 6.07) is 5.96. The van der Waals surface area contributed by atoms with Crippen LogP contribution in [0.4, 0.5) is 4.39 Å². The first-order valence-corrected chi connectivity index (χ1v) is 7.94. The Morgan fingerprint density at radius 3 is 2.87 bits per heavy atom. The summed E-state index contributed by atoms with van der Waals surface area (Å²) in [7, 11) is 0. The molecule has 0 fully saturated rings. The van der Waals surface area contributed by atoms with E-state index < -0.39 is 0 Å². The maximum atomic E-state index is 12.7. The van der Waals surface area contributed by atoms with Crippen molar-refractivity contribution in [2.75, 3.05) is 12.4 Å². The fourth-order valence-electron chi connectivity index (χ4n) is 1.75. The average Bonchev–Trinajstić information content (AvgIpc) is 3.21. The number of rotatable bonds is 8. The predicted octanol–water partition coefficient (Wildman–Crippen LogP) is 2.41. The average molecular weight is 335 g/mol. The van der Waals surface area contributed by atoms with E-state index in [2.05, 4.69) is 20.3 Å². The Kier molecular flexibility index (Phi) is 5.20. The van der Waals surface area contributed by atoms with Gasteiger partial charge >= 0.3 is 0 Å². The van der Waals surface area contributed by atoms with Crippen LogP contribution in [0.5, 0.6) is 5.75 Å². The molecule has 0 radical (unpaired) electrons. The highest BCUT2D eigenvalue weighted by molar-refractivity contribution is 7.99. The molecule has 0 atom stereocenters. The Bertz CT molecular complexity index is 717. The zero-order chi connectivity index (χ0) is 15.9. The van der Waals surface area contributed by atoms with Gasteiger partial charge in [-0.1, -0.05) is 11.8 Å². The molecule has 0 aliphatic heterocycles. The van der Waals surface area contributed by atoms with Crippen molar-refractivity contribution < 1.29 is 13.5 Å². The van der Waals surface area contributed by atoms with Gasteiger partial charge in [-0.2, -0.15) is 5.10 Å². The molecule has 0 bridgehead atoms. The number of hydrogen-bond acceptors (Lipinski definition) is 7. The highest BCUT2D eigenvalue weighted by atomic mass is 32.2. The molecule has 0 aliphatic rings. The van der Waals surface area contributed by atoms with Crippen LogP contribution in [0.1, 0.15) is 12.3 Å². The van der Waals surface area contributed by atoms with Gasteiger partial charge in [0.1, 0.15) is 30.8 Å². The van der Waals surface area contributed by atoms with Crippen LogP contribution in [-0.2, 0) is 6.54 Å². The number of thioether (sulfide) groups is 1. The number of aromatic nitrogens is 5. The highest BCUT2D eigenvalue weighted by Crippen LogP contribution is 2.18. The molecule has 3 rings (SSSR count). The fraction of sp³-hybridized carbons (Fsp3) is 0.286. The van der Waals surface area contributed by atoms with E-state index in [1.165, 1.54) is 30.2 Å². The molecular formula is C14H14FN5O2S. The van der Waals surface area contributed by atoms with Crippen LogP contribution in [0, 0.1) is 5.82 Å². The van der Waals surface area contributed by atoms with E-state index in [0.717, 1.165) is 12.2 Å². The Morgan fingerprint density at radius 2 is 2.09 bits per heavy atom. The molecule has 0 spiro atoms. The van der Waals surface area contributed by atoms with Gasteiger partial charge in [-0.3, -0.25) is 0 Å². The smallest absolute Gasteiger partial charge is 0.276 e. The first-order chi connectivity index (χ1) is 11.3. The maximum absolute atomic E-state index is 12.7. The summed E-state index contributed by atoms with van der Waals surface area (Å²) >= 11 is 1.47. The minimum Gasteiger partial charge on any atom is -0.494 e. The van der Waals surface area contributed by atoms with Crippen LogP contribution < -0.4 is 4.74 Å². The van der Waals surface area contributed by atoms with Crippen LogP contribution in [0.25, 0.3) is 0 Å². The number of hydrogen-bond donors (Lipinski definition) is 0. The van der Waals surface area contributed by atoms with Crippen LogP contribution in [-0.4, -0.2) is 37.3 Å². The van der Waals surface area contributed by atoms with Crippen molar-refractivity contribution in [2.45, 2.75) is 18.2 Å². The summed E-state index contributed by atoms with van der Waals surface area (Å²) in [4.78, 5) is 3.85. The maximum Gasteiger partial charge on any atom is 0.276 e. The van der Waals surface area contributed by atoms with E-state index in [1.54, 1.807) is 23.1 Å². The first kappa shape index (κ1) is 15.5. The molecule has 23 heavy (non-hydrogen) atoms. The second kappa shape index (κ2) is 7.73. The summed E-state index contributed by atoms with van der Waals surface area (Å²) in [6.45, 7) is 0.944. The lowest BCUT2D eigenvalue weighted by molar-refractivity contribution is 0.318. The lowest BCUT2D eigenvalue weighted by atomic mass is 10.3. The number of ether oxygens (including phenoxy) is 1. The van der Waals surface area contributed by atoms with Crippen molar-refractivity contribution >= 4 is 11.8 Å². The van der Waals surface area contributed by atoms with Crippen molar-refractivity contribution in [3.63, 3.8) is 0 Å². The van der Waals surface area contributed by atoms with Crippen molar-refractivity contribution in [3.05, 3.63) is 48.6 Å². The van der Waals surface area contributed by atoms with Crippen LogP contribution in [0.3, 0.4) is 0 Å². The highest BCUT2D eigenvalue weighted by Gasteiger charge is 2.07. The predicted molar refractivity (Wildman–Crippen MR) is 80.7 cm³/mol. The molecule has 0 saturated carbocycles. The largest absolute Gasteiger partial charge is 0.494 e. The van der Waals surface area contributed by atoms with Gasteiger partial charge in [0, 0.05) is 5.75 Å². The molecule has 0 saturated heterocycles. The number of halogens is 1. The molecule has 0 amide bonds. The number of nitrogens with zero attached hydrogens (tertiary/aromatic N) is 5. The quantitative estimate of drug-likeness (QED) is 0.462. The van der Waals surface area contributed by atoms with Gasteiger partial charge in [0.2, 0.25) is 5.89 Å². The molecule has 9 heteroatoms. The fourth-order valence-corrected chi connectivity index (χ4v) is 2.44. The first-order valence-electron chi connectivity index (χ1n) is 6.95. The third-order valence-electron chi connectivity index (χ3n) is 2.81. The van der Waals surface area contributed by atoms with E-state index in [0.29, 0.717) is 30.0 Å². The summed E-state index contributed by atoms with van der Waals surface area (Å²) in [5.74, 6) is 1.66. The Labute approximate surface area is 135 Å². The summed E-state index contributed by atoms with van der Waals surface area (Å²) in [6.07, 6.45) is 3.85. The summed E-state index contributed by atoms with van der Waals surface area (Å²) in [5.41, 5.74) is 0. The van der Waals surface area contributed by atoms with Crippen LogP contribution in [0.15, 0.2) is 46.6 Å². The van der Waals surface area contributed by atoms with Crippen molar-refractivity contribution in [1.82, 2.24) is 25.0 Å². The Morgan fingerprint density at radius 1 is 1.22 bits per heavy atom. The lowest BCUT2D eigenvalue weighted by Crippen LogP contribution is -1.99. The van der Waals surface area contributed by atoms with Crippen molar-refractivity contribution in [2.24, 2.45) is 0 Å². The summed E-state index contributed by atoms with van der Waals surface area (Å²) < 4.78 is 25.4. The molecule has 0 unspecified atom stereocenters. The van der Waals surface area contributed by atoms with Gasteiger partial charge < -0.3 is 9.15 Å².